The van der Waals surface area contributed by atoms with Gasteiger partial charge in [0.2, 0.25) is 0 Å². The van der Waals surface area contributed by atoms with Gasteiger partial charge in [0.25, 0.3) is 0 Å². The topological polar surface area (TPSA) is 86.0 Å². The third-order valence-electron chi connectivity index (χ3n) is 5.51. The smallest absolute Gasteiger partial charge is 0.325 e. The summed E-state index contributed by atoms with van der Waals surface area (Å²) in [5, 5.41) is 19.8. The fraction of sp³-hybridized carbons (Fsp3) is 0.273. The lowest BCUT2D eigenvalue weighted by Gasteiger charge is -2.38. The lowest BCUT2D eigenvalue weighted by Crippen LogP contribution is -2.49. The predicted molar refractivity (Wildman–Crippen MR) is 110 cm³/mol. The molecule has 0 radical (unpaired) electrons. The fourth-order valence-electron chi connectivity index (χ4n) is 4.15. The standard InChI is InChI=1S/C22H22FN3O4/c23-15-6-7-17-18(13-26(14-20(27)28)19(17)12-15)21(22(29)30)25-10-8-24(9-11-25)16-4-2-1-3-5-16/h1-7,12-13,21H,8-11,14H2,(H,27,28)(H,29,30)/t21-/m0/s1. The minimum absolute atomic E-state index is 0.367. The Labute approximate surface area is 172 Å². The molecule has 156 valence electrons. The van der Waals surface area contributed by atoms with Crippen LogP contribution in [0, 0.1) is 5.82 Å². The van der Waals surface area contributed by atoms with Crippen molar-refractivity contribution in [1.82, 2.24) is 9.47 Å². The minimum Gasteiger partial charge on any atom is -0.480 e. The fourth-order valence-corrected chi connectivity index (χ4v) is 4.15. The van der Waals surface area contributed by atoms with E-state index in [1.54, 1.807) is 0 Å². The van der Waals surface area contributed by atoms with Crippen LogP contribution >= 0.6 is 0 Å². The Morgan fingerprint density at radius 2 is 1.70 bits per heavy atom. The highest BCUT2D eigenvalue weighted by Gasteiger charge is 2.33. The first-order chi connectivity index (χ1) is 14.4. The molecule has 2 N–H and O–H groups in total. The maximum Gasteiger partial charge on any atom is 0.325 e. The van der Waals surface area contributed by atoms with Crippen LogP contribution in [0.25, 0.3) is 10.9 Å². The number of carboxylic acids is 2. The third kappa shape index (κ3) is 3.86. The van der Waals surface area contributed by atoms with Gasteiger partial charge < -0.3 is 19.7 Å². The molecule has 30 heavy (non-hydrogen) atoms. The second-order valence-corrected chi connectivity index (χ2v) is 7.37. The highest BCUT2D eigenvalue weighted by Crippen LogP contribution is 2.32. The molecule has 1 fully saturated rings. The zero-order chi connectivity index (χ0) is 21.3. The van der Waals surface area contributed by atoms with Gasteiger partial charge in [-0.05, 0) is 30.3 Å². The molecule has 0 bridgehead atoms. The number of anilines is 1. The normalized spacial score (nSPS) is 16.0. The number of rotatable bonds is 6. The number of benzene rings is 2. The van der Waals surface area contributed by atoms with E-state index in [2.05, 4.69) is 4.90 Å². The minimum atomic E-state index is -1.08. The summed E-state index contributed by atoms with van der Waals surface area (Å²) in [5.41, 5.74) is 1.95. The number of nitrogens with zero attached hydrogens (tertiary/aromatic N) is 3. The molecular weight excluding hydrogens is 389 g/mol. The van der Waals surface area contributed by atoms with E-state index in [1.807, 2.05) is 35.2 Å². The summed E-state index contributed by atoms with van der Waals surface area (Å²) in [7, 11) is 0. The number of piperazine rings is 1. The molecule has 7 nitrogen and oxygen atoms in total. The summed E-state index contributed by atoms with van der Waals surface area (Å²) in [4.78, 5) is 27.6. The molecule has 1 saturated heterocycles. The van der Waals surface area contributed by atoms with Crippen molar-refractivity contribution in [2.75, 3.05) is 31.1 Å². The van der Waals surface area contributed by atoms with Crippen LogP contribution in [-0.4, -0.2) is 57.8 Å². The molecule has 2 aromatic carbocycles. The van der Waals surface area contributed by atoms with Crippen LogP contribution in [0.15, 0.2) is 54.7 Å². The molecule has 0 amide bonds. The van der Waals surface area contributed by atoms with E-state index in [0.717, 1.165) is 5.69 Å². The Morgan fingerprint density at radius 1 is 1.00 bits per heavy atom. The van der Waals surface area contributed by atoms with Crippen LogP contribution in [0.1, 0.15) is 11.6 Å². The summed E-state index contributed by atoms with van der Waals surface area (Å²) in [6.45, 7) is 2.07. The van der Waals surface area contributed by atoms with Gasteiger partial charge in [-0.2, -0.15) is 0 Å². The van der Waals surface area contributed by atoms with Gasteiger partial charge in [-0.15, -0.1) is 0 Å². The van der Waals surface area contributed by atoms with Crippen molar-refractivity contribution in [3.8, 4) is 0 Å². The maximum atomic E-state index is 13.8. The van der Waals surface area contributed by atoms with Crippen molar-refractivity contribution >= 4 is 28.5 Å². The summed E-state index contributed by atoms with van der Waals surface area (Å²) in [5.74, 6) is -2.59. The largest absolute Gasteiger partial charge is 0.480 e. The van der Waals surface area contributed by atoms with E-state index >= 15 is 0 Å². The van der Waals surface area contributed by atoms with Gasteiger partial charge in [0.15, 0.2) is 0 Å². The van der Waals surface area contributed by atoms with Gasteiger partial charge in [-0.1, -0.05) is 18.2 Å². The lowest BCUT2D eigenvalue weighted by molar-refractivity contribution is -0.143. The number of aromatic nitrogens is 1. The van der Waals surface area contributed by atoms with Crippen molar-refractivity contribution in [2.24, 2.45) is 0 Å². The quantitative estimate of drug-likeness (QED) is 0.649. The molecule has 0 unspecified atom stereocenters. The number of carboxylic acid groups (broad SMARTS) is 2. The first kappa shape index (κ1) is 19.9. The zero-order valence-corrected chi connectivity index (χ0v) is 16.2. The van der Waals surface area contributed by atoms with Gasteiger partial charge in [-0.25, -0.2) is 4.39 Å². The Morgan fingerprint density at radius 3 is 2.33 bits per heavy atom. The zero-order valence-electron chi connectivity index (χ0n) is 16.2. The Bertz CT molecular complexity index is 1070. The summed E-state index contributed by atoms with van der Waals surface area (Å²) in [6, 6.07) is 13.0. The number of para-hydroxylation sites is 1. The van der Waals surface area contributed by atoms with Crippen LogP contribution in [0.3, 0.4) is 0 Å². The van der Waals surface area contributed by atoms with E-state index in [1.165, 1.54) is 29.0 Å². The van der Waals surface area contributed by atoms with E-state index in [0.29, 0.717) is 42.6 Å². The molecule has 0 saturated carbocycles. The Kier molecular flexibility index (Phi) is 5.41. The molecule has 2 heterocycles. The van der Waals surface area contributed by atoms with Gasteiger partial charge in [0.05, 0.1) is 5.52 Å². The van der Waals surface area contributed by atoms with E-state index in [9.17, 15) is 24.2 Å². The maximum absolute atomic E-state index is 13.8. The number of halogens is 1. The molecular formula is C22H22FN3O4. The van der Waals surface area contributed by atoms with Crippen LogP contribution in [0.2, 0.25) is 0 Å². The first-order valence-corrected chi connectivity index (χ1v) is 9.71. The van der Waals surface area contributed by atoms with Gasteiger partial charge in [0, 0.05) is 49.0 Å². The third-order valence-corrected chi connectivity index (χ3v) is 5.51. The monoisotopic (exact) mass is 411 g/mol. The van der Waals surface area contributed by atoms with Crippen molar-refractivity contribution < 1.29 is 24.2 Å². The second kappa shape index (κ2) is 8.16. The van der Waals surface area contributed by atoms with Crippen molar-refractivity contribution in [1.29, 1.82) is 0 Å². The number of aliphatic carboxylic acids is 2. The van der Waals surface area contributed by atoms with Crippen LogP contribution < -0.4 is 4.90 Å². The predicted octanol–water partition coefficient (Wildman–Crippen LogP) is 2.81. The molecule has 1 aromatic heterocycles. The summed E-state index contributed by atoms with van der Waals surface area (Å²) < 4.78 is 15.2. The number of fused-ring (bicyclic) bond motifs is 1. The van der Waals surface area contributed by atoms with Gasteiger partial charge >= 0.3 is 11.9 Å². The average molecular weight is 411 g/mol. The molecule has 1 atom stereocenters. The van der Waals surface area contributed by atoms with Crippen molar-refractivity contribution in [3.05, 3.63) is 66.1 Å². The van der Waals surface area contributed by atoms with E-state index < -0.39 is 23.8 Å². The lowest BCUT2D eigenvalue weighted by atomic mass is 10.0. The Balaban J connectivity index is 1.65. The molecule has 0 spiro atoms. The average Bonchev–Trinajstić information content (AvgIpc) is 3.05. The highest BCUT2D eigenvalue weighted by molar-refractivity contribution is 5.90. The summed E-state index contributed by atoms with van der Waals surface area (Å²) in [6.07, 6.45) is 1.53. The van der Waals surface area contributed by atoms with Crippen LogP contribution in [0.4, 0.5) is 10.1 Å². The number of carbonyl (C=O) groups is 2. The van der Waals surface area contributed by atoms with Gasteiger partial charge in [-0.3, -0.25) is 14.5 Å². The van der Waals surface area contributed by atoms with Crippen molar-refractivity contribution in [2.45, 2.75) is 12.6 Å². The molecule has 1 aliphatic heterocycles. The van der Waals surface area contributed by atoms with E-state index in [-0.39, 0.29) is 6.54 Å². The molecule has 0 aliphatic carbocycles. The van der Waals surface area contributed by atoms with Crippen LogP contribution in [-0.2, 0) is 16.1 Å². The highest BCUT2D eigenvalue weighted by atomic mass is 19.1. The van der Waals surface area contributed by atoms with Gasteiger partial charge in [0.1, 0.15) is 18.4 Å². The van der Waals surface area contributed by atoms with E-state index in [4.69, 9.17) is 0 Å². The van der Waals surface area contributed by atoms with Crippen LogP contribution in [0.5, 0.6) is 0 Å². The SMILES string of the molecule is O=C(O)Cn1cc([C@@H](C(=O)O)N2CCN(c3ccccc3)CC2)c2ccc(F)cc21. The number of hydrogen-bond acceptors (Lipinski definition) is 4. The second-order valence-electron chi connectivity index (χ2n) is 7.37. The first-order valence-electron chi connectivity index (χ1n) is 9.71. The Hall–Kier alpha value is -3.39. The summed E-state index contributed by atoms with van der Waals surface area (Å²) >= 11 is 0. The number of hydrogen-bond donors (Lipinski definition) is 2. The molecule has 4 rings (SSSR count). The molecule has 1 aliphatic rings. The molecule has 3 aromatic rings. The van der Waals surface area contributed by atoms with Crippen molar-refractivity contribution in [3.63, 3.8) is 0 Å². The molecule has 8 heteroatoms.